The number of fused-ring (bicyclic) bond motifs is 3. The number of nitrogens with zero attached hydrogens (tertiary/aromatic N) is 6. The molecule has 0 aliphatic carbocycles. The van der Waals surface area contributed by atoms with Crippen LogP contribution < -0.4 is 5.73 Å². The second-order valence-electron chi connectivity index (χ2n) is 5.96. The SMILES string of the molecule is CCN(Cc1nc2c([nH]1)c(N)nc1cc(-n3nccn3)ccc12)C(C)=O. The number of imidazole rings is 1. The van der Waals surface area contributed by atoms with E-state index in [-0.39, 0.29) is 5.91 Å². The van der Waals surface area contributed by atoms with E-state index in [1.165, 1.54) is 4.80 Å². The summed E-state index contributed by atoms with van der Waals surface area (Å²) in [5.41, 5.74) is 9.04. The molecule has 0 saturated heterocycles. The van der Waals surface area contributed by atoms with Gasteiger partial charge in [-0.1, -0.05) is 0 Å². The fourth-order valence-electron chi connectivity index (χ4n) is 2.98. The first kappa shape index (κ1) is 16.0. The Bertz CT molecular complexity index is 1100. The van der Waals surface area contributed by atoms with Crippen LogP contribution in [0.3, 0.4) is 0 Å². The Morgan fingerprint density at radius 2 is 2.04 bits per heavy atom. The molecule has 26 heavy (non-hydrogen) atoms. The Morgan fingerprint density at radius 3 is 2.73 bits per heavy atom. The van der Waals surface area contributed by atoms with Crippen LogP contribution in [0.5, 0.6) is 0 Å². The minimum atomic E-state index is 0.000255. The number of aromatic amines is 1. The van der Waals surface area contributed by atoms with Gasteiger partial charge in [-0.3, -0.25) is 4.79 Å². The van der Waals surface area contributed by atoms with Gasteiger partial charge in [0.15, 0.2) is 0 Å². The van der Waals surface area contributed by atoms with Crippen LogP contribution in [0.2, 0.25) is 0 Å². The highest BCUT2D eigenvalue weighted by molar-refractivity contribution is 6.06. The Morgan fingerprint density at radius 1 is 1.27 bits per heavy atom. The third kappa shape index (κ3) is 2.63. The fourth-order valence-corrected chi connectivity index (χ4v) is 2.98. The first-order chi connectivity index (χ1) is 12.6. The van der Waals surface area contributed by atoms with Gasteiger partial charge in [0.1, 0.15) is 22.7 Å². The van der Waals surface area contributed by atoms with Crippen molar-refractivity contribution >= 4 is 33.7 Å². The summed E-state index contributed by atoms with van der Waals surface area (Å²) >= 11 is 0. The molecule has 9 heteroatoms. The second kappa shape index (κ2) is 6.10. The molecule has 0 saturated carbocycles. The molecule has 0 unspecified atom stereocenters. The predicted molar refractivity (Wildman–Crippen MR) is 97.5 cm³/mol. The molecule has 1 aromatic carbocycles. The minimum absolute atomic E-state index is 0.000255. The van der Waals surface area contributed by atoms with Crippen molar-refractivity contribution in [1.82, 2.24) is 34.8 Å². The number of H-pyrrole nitrogens is 1. The van der Waals surface area contributed by atoms with E-state index in [0.29, 0.717) is 35.8 Å². The number of carbonyl (C=O) groups is 1. The second-order valence-corrected chi connectivity index (χ2v) is 5.96. The van der Waals surface area contributed by atoms with E-state index in [0.717, 1.165) is 16.6 Å². The predicted octanol–water partition coefficient (Wildman–Crippen LogP) is 1.64. The van der Waals surface area contributed by atoms with E-state index in [1.54, 1.807) is 24.2 Å². The molecule has 0 aliphatic heterocycles. The van der Waals surface area contributed by atoms with E-state index in [2.05, 4.69) is 25.1 Å². The maximum atomic E-state index is 11.7. The molecule has 0 aliphatic rings. The first-order valence-electron chi connectivity index (χ1n) is 8.27. The number of nitrogens with one attached hydrogen (secondary N) is 1. The van der Waals surface area contributed by atoms with Gasteiger partial charge >= 0.3 is 0 Å². The van der Waals surface area contributed by atoms with Crippen molar-refractivity contribution in [3.63, 3.8) is 0 Å². The average Bonchev–Trinajstić information content (AvgIpc) is 3.29. The molecule has 0 fully saturated rings. The number of nitrogens with two attached hydrogens (primary N) is 1. The lowest BCUT2D eigenvalue weighted by atomic mass is 10.1. The van der Waals surface area contributed by atoms with E-state index in [1.807, 2.05) is 25.1 Å². The van der Waals surface area contributed by atoms with Crippen molar-refractivity contribution in [1.29, 1.82) is 0 Å². The third-order valence-electron chi connectivity index (χ3n) is 4.30. The van der Waals surface area contributed by atoms with Crippen LogP contribution in [0.4, 0.5) is 5.82 Å². The number of aromatic nitrogens is 6. The van der Waals surface area contributed by atoms with Crippen LogP contribution in [-0.4, -0.2) is 47.3 Å². The number of amides is 1. The lowest BCUT2D eigenvalue weighted by molar-refractivity contribution is -0.129. The quantitative estimate of drug-likeness (QED) is 0.577. The van der Waals surface area contributed by atoms with Gasteiger partial charge in [0.2, 0.25) is 5.91 Å². The summed E-state index contributed by atoms with van der Waals surface area (Å²) < 4.78 is 0. The summed E-state index contributed by atoms with van der Waals surface area (Å²) in [5.74, 6) is 1.04. The molecule has 3 aromatic heterocycles. The molecule has 3 N–H and O–H groups in total. The van der Waals surface area contributed by atoms with E-state index < -0.39 is 0 Å². The van der Waals surface area contributed by atoms with E-state index in [9.17, 15) is 4.79 Å². The molecule has 0 bridgehead atoms. The maximum Gasteiger partial charge on any atom is 0.219 e. The van der Waals surface area contributed by atoms with Crippen molar-refractivity contribution < 1.29 is 4.79 Å². The summed E-state index contributed by atoms with van der Waals surface area (Å²) in [6, 6.07) is 5.70. The Kier molecular flexibility index (Phi) is 3.76. The monoisotopic (exact) mass is 350 g/mol. The van der Waals surface area contributed by atoms with Crippen LogP contribution in [0.25, 0.3) is 27.6 Å². The van der Waals surface area contributed by atoms with Crippen LogP contribution in [0.1, 0.15) is 19.7 Å². The van der Waals surface area contributed by atoms with Gasteiger partial charge in [0.05, 0.1) is 30.1 Å². The Labute approximate surface area is 148 Å². The van der Waals surface area contributed by atoms with Crippen molar-refractivity contribution in [3.05, 3.63) is 36.4 Å². The summed E-state index contributed by atoms with van der Waals surface area (Å²) in [7, 11) is 0. The molecule has 4 rings (SSSR count). The molecular weight excluding hydrogens is 332 g/mol. The molecule has 132 valence electrons. The zero-order valence-electron chi connectivity index (χ0n) is 14.5. The number of benzene rings is 1. The van der Waals surface area contributed by atoms with Crippen LogP contribution >= 0.6 is 0 Å². The van der Waals surface area contributed by atoms with Crippen LogP contribution in [-0.2, 0) is 11.3 Å². The highest BCUT2D eigenvalue weighted by Gasteiger charge is 2.15. The van der Waals surface area contributed by atoms with Crippen molar-refractivity contribution in [2.75, 3.05) is 12.3 Å². The molecule has 3 heterocycles. The lowest BCUT2D eigenvalue weighted by Crippen LogP contribution is -2.28. The third-order valence-corrected chi connectivity index (χ3v) is 4.30. The highest BCUT2D eigenvalue weighted by atomic mass is 16.2. The standard InChI is InChI=1S/C17H18N8O/c1-3-24(10(2)26)9-14-22-15-12-5-4-11(25-19-6-7-20-25)8-13(12)21-17(18)16(15)23-14/h4-8H,3,9H2,1-2H3,(H2,18,21)(H,22,23). The first-order valence-corrected chi connectivity index (χ1v) is 8.27. The summed E-state index contributed by atoms with van der Waals surface area (Å²) in [4.78, 5) is 27.2. The molecule has 0 radical (unpaired) electrons. The smallest absolute Gasteiger partial charge is 0.219 e. The maximum absolute atomic E-state index is 11.7. The normalized spacial score (nSPS) is 11.3. The van der Waals surface area contributed by atoms with Gasteiger partial charge in [-0.2, -0.15) is 15.0 Å². The van der Waals surface area contributed by atoms with Crippen molar-refractivity contribution in [2.24, 2.45) is 0 Å². The van der Waals surface area contributed by atoms with Crippen molar-refractivity contribution in [2.45, 2.75) is 20.4 Å². The van der Waals surface area contributed by atoms with Crippen molar-refractivity contribution in [3.8, 4) is 5.69 Å². The van der Waals surface area contributed by atoms with E-state index >= 15 is 0 Å². The topological polar surface area (TPSA) is 119 Å². The lowest BCUT2D eigenvalue weighted by Gasteiger charge is -2.16. The van der Waals surface area contributed by atoms with Gasteiger partial charge in [0, 0.05) is 18.9 Å². The van der Waals surface area contributed by atoms with Gasteiger partial charge < -0.3 is 15.6 Å². The number of pyridine rings is 1. The highest BCUT2D eigenvalue weighted by Crippen LogP contribution is 2.27. The number of hydrogen-bond donors (Lipinski definition) is 2. The van der Waals surface area contributed by atoms with Gasteiger partial charge in [-0.15, -0.1) is 0 Å². The summed E-state index contributed by atoms with van der Waals surface area (Å²) in [5, 5.41) is 9.13. The summed E-state index contributed by atoms with van der Waals surface area (Å²) in [6.07, 6.45) is 3.23. The molecule has 0 atom stereocenters. The number of rotatable bonds is 4. The van der Waals surface area contributed by atoms with Gasteiger partial charge in [-0.05, 0) is 25.1 Å². The molecule has 4 aromatic rings. The molecule has 9 nitrogen and oxygen atoms in total. The number of hydrogen-bond acceptors (Lipinski definition) is 6. The van der Waals surface area contributed by atoms with Gasteiger partial charge in [0.25, 0.3) is 0 Å². The number of anilines is 1. The zero-order chi connectivity index (χ0) is 18.3. The minimum Gasteiger partial charge on any atom is -0.382 e. The Hall–Kier alpha value is -3.49. The zero-order valence-corrected chi connectivity index (χ0v) is 14.5. The molecule has 1 amide bonds. The Balaban J connectivity index is 1.83. The number of carbonyl (C=O) groups excluding carboxylic acids is 1. The molecular formula is C17H18N8O. The van der Waals surface area contributed by atoms with Gasteiger partial charge in [-0.25, -0.2) is 9.97 Å². The average molecular weight is 350 g/mol. The fraction of sp³-hybridized carbons (Fsp3) is 0.235. The largest absolute Gasteiger partial charge is 0.382 e. The number of nitrogen functional groups attached to an aromatic ring is 1. The summed E-state index contributed by atoms with van der Waals surface area (Å²) in [6.45, 7) is 4.49. The van der Waals surface area contributed by atoms with Crippen LogP contribution in [0.15, 0.2) is 30.6 Å². The van der Waals surface area contributed by atoms with Crippen LogP contribution in [0, 0.1) is 0 Å². The van der Waals surface area contributed by atoms with E-state index in [4.69, 9.17) is 5.73 Å². The molecule has 0 spiro atoms.